The van der Waals surface area contributed by atoms with E-state index < -0.39 is 5.97 Å². The van der Waals surface area contributed by atoms with Gasteiger partial charge < -0.3 is 18.8 Å². The number of nitrogens with zero attached hydrogens (tertiary/aromatic N) is 2. The Labute approximate surface area is 213 Å². The summed E-state index contributed by atoms with van der Waals surface area (Å²) in [7, 11) is 2.90. The minimum absolute atomic E-state index is 0.131. The summed E-state index contributed by atoms with van der Waals surface area (Å²) < 4.78 is 17.8. The van der Waals surface area contributed by atoms with Crippen molar-refractivity contribution in [3.63, 3.8) is 0 Å². The van der Waals surface area contributed by atoms with Crippen molar-refractivity contribution in [3.05, 3.63) is 82.0 Å². The monoisotopic (exact) mass is 506 g/mol. The molecule has 36 heavy (non-hydrogen) atoms. The molecule has 1 saturated heterocycles. The fraction of sp³-hybridized carbons (Fsp3) is 0.222. The van der Waals surface area contributed by atoms with Crippen LogP contribution in [0.3, 0.4) is 0 Å². The largest absolute Gasteiger partial charge is 0.493 e. The standard InChI is InChI=1S/C27H26N2O6S/c1-17-15-20(18(2)29(17)21-11-9-19(10-12-21)26(31)34-4)16-24-25(30)28(27(32)36-24)13-14-35-23-8-6-5-7-22(23)33-3/h5-12,15-16H,13-14H2,1-4H3/b24-16-. The van der Waals surface area contributed by atoms with Crippen LogP contribution in [0.4, 0.5) is 4.79 Å². The van der Waals surface area contributed by atoms with Crippen LogP contribution in [0.1, 0.15) is 27.3 Å². The summed E-state index contributed by atoms with van der Waals surface area (Å²) in [5.74, 6) is 0.393. The predicted octanol–water partition coefficient (Wildman–Crippen LogP) is 5.00. The number of methoxy groups -OCH3 is 2. The molecule has 8 nitrogen and oxygen atoms in total. The molecule has 0 atom stereocenters. The van der Waals surface area contributed by atoms with Crippen molar-refractivity contribution in [1.29, 1.82) is 0 Å². The van der Waals surface area contributed by atoms with E-state index in [0.29, 0.717) is 22.0 Å². The number of imide groups is 1. The van der Waals surface area contributed by atoms with Crippen LogP contribution < -0.4 is 9.47 Å². The number of aryl methyl sites for hydroxylation is 1. The molecule has 2 heterocycles. The minimum Gasteiger partial charge on any atom is -0.493 e. The van der Waals surface area contributed by atoms with Crippen LogP contribution in [0.25, 0.3) is 11.8 Å². The molecule has 0 spiro atoms. The van der Waals surface area contributed by atoms with E-state index in [0.717, 1.165) is 34.4 Å². The van der Waals surface area contributed by atoms with Crippen LogP contribution in [0, 0.1) is 13.8 Å². The number of carbonyl (C=O) groups excluding carboxylic acids is 3. The molecule has 0 N–H and O–H groups in total. The van der Waals surface area contributed by atoms with Gasteiger partial charge in [-0.2, -0.15) is 0 Å². The van der Waals surface area contributed by atoms with Crippen LogP contribution in [-0.4, -0.2) is 54.0 Å². The van der Waals surface area contributed by atoms with Crippen LogP contribution in [0.15, 0.2) is 59.5 Å². The number of hydrogen-bond donors (Lipinski definition) is 0. The zero-order valence-electron chi connectivity index (χ0n) is 20.4. The second kappa shape index (κ2) is 10.7. The number of benzene rings is 2. The van der Waals surface area contributed by atoms with Gasteiger partial charge in [-0.15, -0.1) is 0 Å². The van der Waals surface area contributed by atoms with Crippen molar-refractivity contribution >= 4 is 35.0 Å². The third kappa shape index (κ3) is 5.01. The molecule has 2 amide bonds. The van der Waals surface area contributed by atoms with Crippen LogP contribution in [0.2, 0.25) is 0 Å². The molecule has 0 radical (unpaired) electrons. The smallest absolute Gasteiger partial charge is 0.337 e. The fourth-order valence-electron chi connectivity index (χ4n) is 4.01. The molecule has 0 bridgehead atoms. The molecule has 0 unspecified atom stereocenters. The van der Waals surface area contributed by atoms with Gasteiger partial charge in [-0.05, 0) is 79.7 Å². The average molecular weight is 507 g/mol. The van der Waals surface area contributed by atoms with E-state index in [1.807, 2.05) is 48.7 Å². The molecule has 2 aromatic carbocycles. The molecule has 3 aromatic rings. The van der Waals surface area contributed by atoms with Crippen molar-refractivity contribution in [1.82, 2.24) is 9.47 Å². The van der Waals surface area contributed by atoms with E-state index in [2.05, 4.69) is 0 Å². The van der Waals surface area contributed by atoms with Gasteiger partial charge in [-0.25, -0.2) is 4.79 Å². The topological polar surface area (TPSA) is 87.1 Å². The molecule has 1 aromatic heterocycles. The second-order valence-electron chi connectivity index (χ2n) is 8.03. The molecular formula is C27H26N2O6S. The molecule has 4 rings (SSSR count). The van der Waals surface area contributed by atoms with E-state index in [1.54, 1.807) is 37.5 Å². The lowest BCUT2D eigenvalue weighted by Crippen LogP contribution is -2.32. The predicted molar refractivity (Wildman–Crippen MR) is 138 cm³/mol. The number of carbonyl (C=O) groups is 3. The first-order valence-corrected chi connectivity index (χ1v) is 12.0. The number of para-hydroxylation sites is 2. The molecule has 1 aliphatic rings. The number of amides is 2. The molecular weight excluding hydrogens is 480 g/mol. The van der Waals surface area contributed by atoms with Crippen molar-refractivity contribution in [3.8, 4) is 17.2 Å². The summed E-state index contributed by atoms with van der Waals surface area (Å²) in [6, 6.07) is 16.3. The van der Waals surface area contributed by atoms with Gasteiger partial charge in [-0.3, -0.25) is 14.5 Å². The van der Waals surface area contributed by atoms with Gasteiger partial charge in [0.1, 0.15) is 6.61 Å². The van der Waals surface area contributed by atoms with Gasteiger partial charge >= 0.3 is 5.97 Å². The highest BCUT2D eigenvalue weighted by Gasteiger charge is 2.35. The summed E-state index contributed by atoms with van der Waals surface area (Å²) in [4.78, 5) is 38.8. The number of esters is 1. The lowest BCUT2D eigenvalue weighted by atomic mass is 10.2. The third-order valence-electron chi connectivity index (χ3n) is 5.82. The summed E-state index contributed by atoms with van der Waals surface area (Å²) in [5.41, 5.74) is 4.03. The maximum absolute atomic E-state index is 13.0. The minimum atomic E-state index is -0.396. The first kappa shape index (κ1) is 25.1. The Kier molecular flexibility index (Phi) is 7.49. The van der Waals surface area contributed by atoms with E-state index in [9.17, 15) is 14.4 Å². The lowest BCUT2D eigenvalue weighted by molar-refractivity contribution is -0.123. The van der Waals surface area contributed by atoms with Gasteiger partial charge in [0.15, 0.2) is 11.5 Å². The van der Waals surface area contributed by atoms with Crippen molar-refractivity contribution < 1.29 is 28.6 Å². The number of ether oxygens (including phenoxy) is 3. The Balaban J connectivity index is 1.49. The maximum atomic E-state index is 13.0. The highest BCUT2D eigenvalue weighted by molar-refractivity contribution is 8.18. The summed E-state index contributed by atoms with van der Waals surface area (Å²) in [6.07, 6.45) is 1.74. The van der Waals surface area contributed by atoms with E-state index in [-0.39, 0.29) is 24.3 Å². The van der Waals surface area contributed by atoms with Crippen LogP contribution >= 0.6 is 11.8 Å². The van der Waals surface area contributed by atoms with Crippen molar-refractivity contribution in [2.45, 2.75) is 13.8 Å². The molecule has 1 aliphatic heterocycles. The Morgan fingerprint density at radius 2 is 1.69 bits per heavy atom. The van der Waals surface area contributed by atoms with Gasteiger partial charge in [-0.1, -0.05) is 12.1 Å². The molecule has 1 fully saturated rings. The number of hydrogen-bond acceptors (Lipinski definition) is 7. The van der Waals surface area contributed by atoms with Crippen LogP contribution in [-0.2, 0) is 9.53 Å². The van der Waals surface area contributed by atoms with Gasteiger partial charge in [0.05, 0.1) is 31.2 Å². The summed E-state index contributed by atoms with van der Waals surface area (Å²) in [6.45, 7) is 4.19. The SMILES string of the molecule is COC(=O)c1ccc(-n2c(C)cc(/C=C3\SC(=O)N(CCOc4ccccc4OC)C3=O)c2C)cc1. The second-order valence-corrected chi connectivity index (χ2v) is 9.03. The van der Waals surface area contributed by atoms with Crippen molar-refractivity contribution in [2.24, 2.45) is 0 Å². The van der Waals surface area contributed by atoms with E-state index in [1.165, 1.54) is 12.0 Å². The van der Waals surface area contributed by atoms with Gasteiger partial charge in [0, 0.05) is 17.1 Å². The Hall–Kier alpha value is -3.98. The normalized spacial score (nSPS) is 14.4. The average Bonchev–Trinajstić information content (AvgIpc) is 3.32. The van der Waals surface area contributed by atoms with E-state index in [4.69, 9.17) is 14.2 Å². The highest BCUT2D eigenvalue weighted by Crippen LogP contribution is 2.34. The highest BCUT2D eigenvalue weighted by atomic mass is 32.2. The van der Waals surface area contributed by atoms with Gasteiger partial charge in [0.25, 0.3) is 11.1 Å². The maximum Gasteiger partial charge on any atom is 0.337 e. The third-order valence-corrected chi connectivity index (χ3v) is 6.73. The van der Waals surface area contributed by atoms with Crippen LogP contribution in [0.5, 0.6) is 11.5 Å². The number of rotatable bonds is 8. The Morgan fingerprint density at radius 3 is 2.36 bits per heavy atom. The van der Waals surface area contributed by atoms with Crippen molar-refractivity contribution in [2.75, 3.05) is 27.4 Å². The molecule has 9 heteroatoms. The molecule has 186 valence electrons. The van der Waals surface area contributed by atoms with Gasteiger partial charge in [0.2, 0.25) is 0 Å². The first-order chi connectivity index (χ1) is 17.3. The molecule has 0 aliphatic carbocycles. The number of thioether (sulfide) groups is 1. The summed E-state index contributed by atoms with van der Waals surface area (Å²) in [5, 5.41) is -0.331. The zero-order valence-corrected chi connectivity index (χ0v) is 21.3. The quantitative estimate of drug-likeness (QED) is 0.314. The summed E-state index contributed by atoms with van der Waals surface area (Å²) >= 11 is 0.915. The number of aromatic nitrogens is 1. The lowest BCUT2D eigenvalue weighted by Gasteiger charge is -2.14. The Bertz CT molecular complexity index is 1340. The molecule has 0 saturated carbocycles. The zero-order chi connectivity index (χ0) is 25.8. The first-order valence-electron chi connectivity index (χ1n) is 11.2. The van der Waals surface area contributed by atoms with E-state index >= 15 is 0 Å². The fourth-order valence-corrected chi connectivity index (χ4v) is 4.87. The Morgan fingerprint density at radius 1 is 1.00 bits per heavy atom.